The summed E-state index contributed by atoms with van der Waals surface area (Å²) in [5, 5.41) is 9.70. The molecule has 0 aliphatic heterocycles. The maximum Gasteiger partial charge on any atom is 0.338 e. The Bertz CT molecular complexity index is 1240. The fraction of sp³-hybridized carbons (Fsp3) is 0.160. The molecule has 0 atom stereocenters. The quantitative estimate of drug-likeness (QED) is 0.283. The van der Waals surface area contributed by atoms with Gasteiger partial charge in [-0.05, 0) is 42.8 Å². The largest absolute Gasteiger partial charge is 0.496 e. The summed E-state index contributed by atoms with van der Waals surface area (Å²) in [7, 11) is 3.03. The van der Waals surface area contributed by atoms with E-state index in [1.54, 1.807) is 13.2 Å². The van der Waals surface area contributed by atoms with Crippen LogP contribution in [-0.4, -0.2) is 35.0 Å². The number of rotatable bonds is 7. The molecule has 4 aromatic rings. The van der Waals surface area contributed by atoms with Crippen molar-refractivity contribution in [3.8, 4) is 22.8 Å². The molecular weight excluding hydrogens is 422 g/mol. The van der Waals surface area contributed by atoms with E-state index < -0.39 is 0 Å². The molecular formula is C25H23N3O3S. The fourth-order valence-electron chi connectivity index (χ4n) is 3.39. The van der Waals surface area contributed by atoms with Gasteiger partial charge in [0.2, 0.25) is 0 Å². The van der Waals surface area contributed by atoms with E-state index in [4.69, 9.17) is 9.47 Å². The van der Waals surface area contributed by atoms with Gasteiger partial charge in [-0.15, -0.1) is 10.2 Å². The molecule has 0 saturated heterocycles. The minimum atomic E-state index is -0.351. The van der Waals surface area contributed by atoms with E-state index in [1.807, 2.05) is 59.2 Å². The first-order valence-electron chi connectivity index (χ1n) is 10.1. The zero-order valence-electron chi connectivity index (χ0n) is 18.1. The lowest BCUT2D eigenvalue weighted by atomic mass is 10.1. The summed E-state index contributed by atoms with van der Waals surface area (Å²) in [5.41, 5.74) is 4.40. The number of para-hydroxylation sites is 1. The third kappa shape index (κ3) is 4.38. The van der Waals surface area contributed by atoms with E-state index in [-0.39, 0.29) is 5.97 Å². The number of aromatic nitrogens is 3. The molecule has 4 rings (SSSR count). The fourth-order valence-corrected chi connectivity index (χ4v) is 4.35. The van der Waals surface area contributed by atoms with Gasteiger partial charge in [-0.3, -0.25) is 4.57 Å². The van der Waals surface area contributed by atoms with Crippen LogP contribution in [0, 0.1) is 6.92 Å². The summed E-state index contributed by atoms with van der Waals surface area (Å²) in [4.78, 5) is 12.1. The van der Waals surface area contributed by atoms with Crippen molar-refractivity contribution in [2.24, 2.45) is 0 Å². The van der Waals surface area contributed by atoms with Gasteiger partial charge in [0.05, 0.1) is 25.3 Å². The highest BCUT2D eigenvalue weighted by Crippen LogP contribution is 2.34. The number of carbonyl (C=O) groups is 1. The highest BCUT2D eigenvalue weighted by molar-refractivity contribution is 7.98. The van der Waals surface area contributed by atoms with Crippen LogP contribution in [0.25, 0.3) is 17.1 Å². The Balaban J connectivity index is 1.76. The Kier molecular flexibility index (Phi) is 6.56. The van der Waals surface area contributed by atoms with Crippen LogP contribution < -0.4 is 4.74 Å². The first-order valence-corrected chi connectivity index (χ1v) is 11.1. The van der Waals surface area contributed by atoms with Gasteiger partial charge < -0.3 is 9.47 Å². The van der Waals surface area contributed by atoms with Crippen molar-refractivity contribution in [3.05, 3.63) is 89.5 Å². The van der Waals surface area contributed by atoms with E-state index in [1.165, 1.54) is 24.4 Å². The van der Waals surface area contributed by atoms with E-state index in [0.29, 0.717) is 17.1 Å². The second kappa shape index (κ2) is 9.70. The van der Waals surface area contributed by atoms with E-state index in [0.717, 1.165) is 27.7 Å². The summed E-state index contributed by atoms with van der Waals surface area (Å²) in [6, 6.07) is 23.4. The van der Waals surface area contributed by atoms with Gasteiger partial charge in [0.15, 0.2) is 11.0 Å². The standard InChI is InChI=1S/C25H23N3O3S/c1-17-12-14-19(15-13-17)28-23(21-10-6-7-11-22(21)30-2)26-27-25(28)32-16-18-8-4-5-9-20(18)24(29)31-3/h4-15H,16H2,1-3H3. The van der Waals surface area contributed by atoms with Gasteiger partial charge in [0.1, 0.15) is 5.75 Å². The van der Waals surface area contributed by atoms with Gasteiger partial charge in [-0.25, -0.2) is 4.79 Å². The van der Waals surface area contributed by atoms with Gasteiger partial charge in [0, 0.05) is 11.4 Å². The van der Waals surface area contributed by atoms with Crippen LogP contribution in [0.5, 0.6) is 5.75 Å². The van der Waals surface area contributed by atoms with Crippen LogP contribution in [-0.2, 0) is 10.5 Å². The van der Waals surface area contributed by atoms with Gasteiger partial charge >= 0.3 is 5.97 Å². The zero-order valence-corrected chi connectivity index (χ0v) is 18.9. The smallest absolute Gasteiger partial charge is 0.338 e. The number of nitrogens with zero attached hydrogens (tertiary/aromatic N) is 3. The molecule has 1 aromatic heterocycles. The number of hydrogen-bond acceptors (Lipinski definition) is 6. The predicted molar refractivity (Wildman–Crippen MR) is 125 cm³/mol. The van der Waals surface area contributed by atoms with Crippen molar-refractivity contribution in [3.63, 3.8) is 0 Å². The van der Waals surface area contributed by atoms with Crippen molar-refractivity contribution in [1.29, 1.82) is 0 Å². The van der Waals surface area contributed by atoms with Gasteiger partial charge in [0.25, 0.3) is 0 Å². The third-order valence-corrected chi connectivity index (χ3v) is 6.03. The monoisotopic (exact) mass is 445 g/mol. The molecule has 0 radical (unpaired) electrons. The third-order valence-electron chi connectivity index (χ3n) is 5.05. The first-order chi connectivity index (χ1) is 15.6. The average molecular weight is 446 g/mol. The van der Waals surface area contributed by atoms with Crippen LogP contribution in [0.2, 0.25) is 0 Å². The van der Waals surface area contributed by atoms with E-state index in [2.05, 4.69) is 29.3 Å². The Labute approximate surface area is 191 Å². The Morgan fingerprint density at radius 2 is 1.66 bits per heavy atom. The maximum absolute atomic E-state index is 12.1. The lowest BCUT2D eigenvalue weighted by molar-refractivity contribution is 0.0600. The molecule has 6 nitrogen and oxygen atoms in total. The summed E-state index contributed by atoms with van der Waals surface area (Å²) < 4.78 is 12.5. The first kappa shape index (κ1) is 21.6. The average Bonchev–Trinajstić information content (AvgIpc) is 3.26. The lowest BCUT2D eigenvalue weighted by Gasteiger charge is -2.13. The van der Waals surface area contributed by atoms with Gasteiger partial charge in [-0.2, -0.15) is 0 Å². The second-order valence-corrected chi connectivity index (χ2v) is 8.06. The molecule has 0 N–H and O–H groups in total. The molecule has 0 bridgehead atoms. The number of ether oxygens (including phenoxy) is 2. The number of esters is 1. The maximum atomic E-state index is 12.1. The summed E-state index contributed by atoms with van der Waals surface area (Å²) >= 11 is 1.51. The normalized spacial score (nSPS) is 10.7. The number of thioether (sulfide) groups is 1. The van der Waals surface area contributed by atoms with E-state index >= 15 is 0 Å². The zero-order chi connectivity index (χ0) is 22.5. The number of hydrogen-bond donors (Lipinski definition) is 0. The molecule has 0 spiro atoms. The van der Waals surface area contributed by atoms with Crippen molar-refractivity contribution in [1.82, 2.24) is 14.8 Å². The minimum Gasteiger partial charge on any atom is -0.496 e. The van der Waals surface area contributed by atoms with Crippen LogP contribution in [0.1, 0.15) is 21.5 Å². The molecule has 0 fully saturated rings. The van der Waals surface area contributed by atoms with Crippen molar-refractivity contribution in [2.45, 2.75) is 17.8 Å². The highest BCUT2D eigenvalue weighted by Gasteiger charge is 2.20. The molecule has 0 unspecified atom stereocenters. The summed E-state index contributed by atoms with van der Waals surface area (Å²) in [6.45, 7) is 2.05. The molecule has 1 heterocycles. The molecule has 0 amide bonds. The summed E-state index contributed by atoms with van der Waals surface area (Å²) in [5.74, 6) is 1.60. The SMILES string of the molecule is COC(=O)c1ccccc1CSc1nnc(-c2ccccc2OC)n1-c1ccc(C)cc1. The van der Waals surface area contributed by atoms with Crippen LogP contribution >= 0.6 is 11.8 Å². The molecule has 3 aromatic carbocycles. The van der Waals surface area contributed by atoms with Gasteiger partial charge in [-0.1, -0.05) is 59.8 Å². The number of aryl methyl sites for hydroxylation is 1. The molecule has 0 saturated carbocycles. The predicted octanol–water partition coefficient (Wildman–Crippen LogP) is 5.33. The Morgan fingerprint density at radius 3 is 2.41 bits per heavy atom. The molecule has 0 aliphatic rings. The number of benzene rings is 3. The van der Waals surface area contributed by atoms with E-state index in [9.17, 15) is 4.79 Å². The number of carbonyl (C=O) groups excluding carboxylic acids is 1. The summed E-state index contributed by atoms with van der Waals surface area (Å²) in [6.07, 6.45) is 0. The number of methoxy groups -OCH3 is 2. The lowest BCUT2D eigenvalue weighted by Crippen LogP contribution is -2.05. The van der Waals surface area contributed by atoms with Crippen LogP contribution in [0.15, 0.2) is 78.0 Å². The Hall–Kier alpha value is -3.58. The molecule has 0 aliphatic carbocycles. The topological polar surface area (TPSA) is 66.2 Å². The molecule has 162 valence electrons. The van der Waals surface area contributed by atoms with Crippen LogP contribution in [0.3, 0.4) is 0 Å². The van der Waals surface area contributed by atoms with Crippen molar-refractivity contribution < 1.29 is 14.3 Å². The molecule has 32 heavy (non-hydrogen) atoms. The van der Waals surface area contributed by atoms with Crippen LogP contribution in [0.4, 0.5) is 0 Å². The van der Waals surface area contributed by atoms with Crippen molar-refractivity contribution >= 4 is 17.7 Å². The Morgan fingerprint density at radius 1 is 0.938 bits per heavy atom. The minimum absolute atomic E-state index is 0.351. The van der Waals surface area contributed by atoms with Crippen molar-refractivity contribution in [2.75, 3.05) is 14.2 Å². The second-order valence-electron chi connectivity index (χ2n) is 7.11. The molecule has 7 heteroatoms. The highest BCUT2D eigenvalue weighted by atomic mass is 32.2.